The van der Waals surface area contributed by atoms with Gasteiger partial charge in [-0.05, 0) is 25.0 Å². The monoisotopic (exact) mass is 330 g/mol. The summed E-state index contributed by atoms with van der Waals surface area (Å²) in [5, 5.41) is 9.01. The smallest absolute Gasteiger partial charge is 0.326 e. The number of carboxylic acids is 1. The van der Waals surface area contributed by atoms with Gasteiger partial charge in [0.15, 0.2) is 11.6 Å². The van der Waals surface area contributed by atoms with Crippen LogP contribution < -0.4 is 4.90 Å². The van der Waals surface area contributed by atoms with Crippen molar-refractivity contribution in [3.05, 3.63) is 29.6 Å². The van der Waals surface area contributed by atoms with Crippen molar-refractivity contribution < 1.29 is 32.7 Å². The number of likely N-dealkylation sites (N-methyl/N-ethyl adjacent to an activating group) is 1. The van der Waals surface area contributed by atoms with Crippen molar-refractivity contribution in [3.8, 4) is 0 Å². The van der Waals surface area contributed by atoms with Gasteiger partial charge in [-0.15, -0.1) is 0 Å². The molecule has 1 unspecified atom stereocenters. The van der Waals surface area contributed by atoms with Crippen molar-refractivity contribution in [2.75, 3.05) is 18.5 Å². The molecular weight excluding hydrogens is 317 g/mol. The zero-order valence-corrected chi connectivity index (χ0v) is 12.1. The van der Waals surface area contributed by atoms with E-state index in [9.17, 15) is 27.6 Å². The average Bonchev–Trinajstić information content (AvgIpc) is 2.99. The molecule has 0 aliphatic carbocycles. The van der Waals surface area contributed by atoms with Gasteiger partial charge < -0.3 is 14.9 Å². The Morgan fingerprint density at radius 1 is 1.22 bits per heavy atom. The number of halogens is 3. The lowest BCUT2D eigenvalue weighted by Gasteiger charge is -2.24. The Balaban J connectivity index is 2.28. The first-order valence-corrected chi connectivity index (χ1v) is 6.70. The fourth-order valence-electron chi connectivity index (χ4n) is 2.46. The SMILES string of the molecule is CN(C(=O)C(=O)N1CCCC1C(=O)O)c1c(F)ccc(F)c1F. The minimum absolute atomic E-state index is 0.0451. The topological polar surface area (TPSA) is 77.9 Å². The number of nitrogens with zero attached hydrogens (tertiary/aromatic N) is 2. The molecule has 9 heteroatoms. The van der Waals surface area contributed by atoms with Crippen molar-refractivity contribution in [1.29, 1.82) is 0 Å². The molecule has 1 atom stereocenters. The molecule has 1 aliphatic rings. The van der Waals surface area contributed by atoms with Crippen LogP contribution in [0.4, 0.5) is 18.9 Å². The van der Waals surface area contributed by atoms with Gasteiger partial charge in [0.1, 0.15) is 17.5 Å². The normalized spacial score (nSPS) is 17.2. The van der Waals surface area contributed by atoms with E-state index in [1.54, 1.807) is 0 Å². The van der Waals surface area contributed by atoms with Gasteiger partial charge >= 0.3 is 17.8 Å². The zero-order chi connectivity index (χ0) is 17.3. The summed E-state index contributed by atoms with van der Waals surface area (Å²) in [5.74, 6) is -8.02. The molecule has 1 heterocycles. The molecule has 2 rings (SSSR count). The van der Waals surface area contributed by atoms with Gasteiger partial charge in [0.2, 0.25) is 0 Å². The Morgan fingerprint density at radius 3 is 2.43 bits per heavy atom. The Bertz CT molecular complexity index is 680. The molecule has 2 amide bonds. The number of anilines is 1. The quantitative estimate of drug-likeness (QED) is 0.652. The van der Waals surface area contributed by atoms with Gasteiger partial charge in [0.25, 0.3) is 0 Å². The Kier molecular flexibility index (Phi) is 4.57. The van der Waals surface area contributed by atoms with Gasteiger partial charge in [-0.2, -0.15) is 0 Å². The molecule has 0 spiro atoms. The molecule has 124 valence electrons. The van der Waals surface area contributed by atoms with Crippen molar-refractivity contribution >= 4 is 23.5 Å². The van der Waals surface area contributed by atoms with Crippen molar-refractivity contribution in [1.82, 2.24) is 4.90 Å². The standard InChI is InChI=1S/C14H13F3N2O4/c1-18(11-8(16)5-4-7(15)10(11)17)12(20)13(21)19-6-2-3-9(19)14(22)23/h4-5,9H,2-3,6H2,1H3,(H,22,23). The van der Waals surface area contributed by atoms with E-state index in [1.807, 2.05) is 0 Å². The predicted octanol–water partition coefficient (Wildman–Crippen LogP) is 1.14. The summed E-state index contributed by atoms with van der Waals surface area (Å²) in [6.45, 7) is 0.0451. The van der Waals surface area contributed by atoms with Crippen LogP contribution in [0.25, 0.3) is 0 Å². The van der Waals surface area contributed by atoms with E-state index in [1.165, 1.54) is 0 Å². The lowest BCUT2D eigenvalue weighted by molar-refractivity contribution is -0.151. The third kappa shape index (κ3) is 2.99. The summed E-state index contributed by atoms with van der Waals surface area (Å²) >= 11 is 0. The second-order valence-corrected chi connectivity index (χ2v) is 5.05. The summed E-state index contributed by atoms with van der Waals surface area (Å²) < 4.78 is 40.6. The lowest BCUT2D eigenvalue weighted by atomic mass is 10.2. The highest BCUT2D eigenvalue weighted by atomic mass is 19.2. The molecule has 0 aromatic heterocycles. The van der Waals surface area contributed by atoms with Crippen molar-refractivity contribution in [2.45, 2.75) is 18.9 Å². The molecule has 0 saturated carbocycles. The van der Waals surface area contributed by atoms with Crippen LogP contribution in [0.2, 0.25) is 0 Å². The fraction of sp³-hybridized carbons (Fsp3) is 0.357. The van der Waals surface area contributed by atoms with E-state index < -0.39 is 47.0 Å². The van der Waals surface area contributed by atoms with Gasteiger partial charge in [0.05, 0.1) is 0 Å². The zero-order valence-electron chi connectivity index (χ0n) is 12.1. The molecule has 23 heavy (non-hydrogen) atoms. The molecule has 6 nitrogen and oxygen atoms in total. The van der Waals surface area contributed by atoms with E-state index in [2.05, 4.69) is 0 Å². The van der Waals surface area contributed by atoms with Crippen LogP contribution in [-0.4, -0.2) is 47.4 Å². The summed E-state index contributed by atoms with van der Waals surface area (Å²) in [7, 11) is 0.910. The van der Waals surface area contributed by atoms with Crippen LogP contribution in [0.1, 0.15) is 12.8 Å². The van der Waals surface area contributed by atoms with Crippen molar-refractivity contribution in [3.63, 3.8) is 0 Å². The molecule has 0 radical (unpaired) electrons. The molecule has 1 N–H and O–H groups in total. The summed E-state index contributed by atoms with van der Waals surface area (Å²) in [6, 6.07) is 0.00899. The lowest BCUT2D eigenvalue weighted by Crippen LogP contribution is -2.48. The largest absolute Gasteiger partial charge is 0.480 e. The number of likely N-dealkylation sites (tertiary alicyclic amines) is 1. The summed E-state index contributed by atoms with van der Waals surface area (Å²) in [4.78, 5) is 36.4. The number of carbonyl (C=O) groups is 3. The molecular formula is C14H13F3N2O4. The Morgan fingerprint density at radius 2 is 1.83 bits per heavy atom. The van der Waals surface area contributed by atoms with Gasteiger partial charge in [-0.3, -0.25) is 9.59 Å². The minimum atomic E-state index is -1.61. The second-order valence-electron chi connectivity index (χ2n) is 5.05. The average molecular weight is 330 g/mol. The van der Waals surface area contributed by atoms with Gasteiger partial charge in [0, 0.05) is 13.6 Å². The predicted molar refractivity (Wildman–Crippen MR) is 72.1 cm³/mol. The van der Waals surface area contributed by atoms with E-state index in [-0.39, 0.29) is 13.0 Å². The Labute approximate surface area is 129 Å². The number of benzene rings is 1. The summed E-state index contributed by atoms with van der Waals surface area (Å²) in [5.41, 5.74) is -1.01. The summed E-state index contributed by atoms with van der Waals surface area (Å²) in [6.07, 6.45) is 0.573. The number of aliphatic carboxylic acids is 1. The number of hydrogen-bond acceptors (Lipinski definition) is 3. The van der Waals surface area contributed by atoms with Crippen LogP contribution in [0, 0.1) is 17.5 Å². The van der Waals surface area contributed by atoms with Crippen LogP contribution in [0.3, 0.4) is 0 Å². The second kappa shape index (κ2) is 6.27. The fourth-order valence-corrected chi connectivity index (χ4v) is 2.46. The van der Waals surface area contributed by atoms with Crippen LogP contribution >= 0.6 is 0 Å². The van der Waals surface area contributed by atoms with E-state index in [4.69, 9.17) is 5.11 Å². The minimum Gasteiger partial charge on any atom is -0.480 e. The maximum absolute atomic E-state index is 13.7. The maximum Gasteiger partial charge on any atom is 0.326 e. The first-order valence-electron chi connectivity index (χ1n) is 6.70. The molecule has 1 fully saturated rings. The highest BCUT2D eigenvalue weighted by molar-refractivity contribution is 6.40. The maximum atomic E-state index is 13.7. The number of hydrogen-bond donors (Lipinski definition) is 1. The van der Waals surface area contributed by atoms with E-state index in [0.717, 1.165) is 11.9 Å². The molecule has 1 aliphatic heterocycles. The number of rotatable bonds is 2. The first kappa shape index (κ1) is 16.8. The van der Waals surface area contributed by atoms with Crippen LogP contribution in [0.15, 0.2) is 12.1 Å². The Hall–Kier alpha value is -2.58. The van der Waals surface area contributed by atoms with Gasteiger partial charge in [-0.1, -0.05) is 0 Å². The van der Waals surface area contributed by atoms with E-state index >= 15 is 0 Å². The number of carboxylic acid groups (broad SMARTS) is 1. The highest BCUT2D eigenvalue weighted by Gasteiger charge is 2.38. The third-order valence-corrected chi connectivity index (χ3v) is 3.64. The van der Waals surface area contributed by atoms with Crippen molar-refractivity contribution in [2.24, 2.45) is 0 Å². The highest BCUT2D eigenvalue weighted by Crippen LogP contribution is 2.26. The molecule has 0 bridgehead atoms. The van der Waals surface area contributed by atoms with Crippen LogP contribution in [-0.2, 0) is 14.4 Å². The van der Waals surface area contributed by atoms with E-state index in [0.29, 0.717) is 23.5 Å². The van der Waals surface area contributed by atoms with Gasteiger partial charge in [-0.25, -0.2) is 18.0 Å². The number of carbonyl (C=O) groups excluding carboxylic acids is 2. The molecule has 1 aromatic rings. The first-order chi connectivity index (χ1) is 10.8. The number of amides is 2. The molecule has 1 saturated heterocycles. The molecule has 1 aromatic carbocycles. The van der Waals surface area contributed by atoms with Crippen LogP contribution in [0.5, 0.6) is 0 Å². The third-order valence-electron chi connectivity index (χ3n) is 3.64.